The smallest absolute Gasteiger partial charge is 0.122 e. The van der Waals surface area contributed by atoms with Crippen LogP contribution in [-0.2, 0) is 6.54 Å². The zero-order valence-electron chi connectivity index (χ0n) is 12.6. The van der Waals surface area contributed by atoms with E-state index in [4.69, 9.17) is 10.5 Å². The molecule has 20 heavy (non-hydrogen) atoms. The summed E-state index contributed by atoms with van der Waals surface area (Å²) in [5.74, 6) is 1.78. The number of ether oxygens (including phenoxy) is 1. The maximum atomic E-state index is 5.68. The van der Waals surface area contributed by atoms with Crippen LogP contribution < -0.4 is 10.5 Å². The fraction of sp³-hybridized carbons (Fsp3) is 0.625. The second kappa shape index (κ2) is 8.50. The summed E-state index contributed by atoms with van der Waals surface area (Å²) in [4.78, 5) is 2.55. The zero-order valence-corrected chi connectivity index (χ0v) is 13.4. The van der Waals surface area contributed by atoms with Gasteiger partial charge in [-0.2, -0.15) is 0 Å². The lowest BCUT2D eigenvalue weighted by molar-refractivity contribution is 0.163. The molecule has 0 amide bonds. The first-order chi connectivity index (χ1) is 9.22. The largest absolute Gasteiger partial charge is 0.496 e. The number of nitrogens with zero attached hydrogens (tertiary/aromatic N) is 1. The molecular weight excluding hydrogens is 272 g/mol. The van der Waals surface area contributed by atoms with Gasteiger partial charge in [-0.1, -0.05) is 12.1 Å². The predicted octanol–water partition coefficient (Wildman–Crippen LogP) is 2.99. The molecule has 0 bridgehead atoms. The summed E-state index contributed by atoms with van der Waals surface area (Å²) in [6, 6.07) is 6.53. The lowest BCUT2D eigenvalue weighted by Gasteiger charge is -2.32. The van der Waals surface area contributed by atoms with Crippen molar-refractivity contribution in [3.8, 4) is 5.75 Å². The first kappa shape index (κ1) is 17.3. The van der Waals surface area contributed by atoms with Crippen molar-refractivity contribution in [1.29, 1.82) is 0 Å². The van der Waals surface area contributed by atoms with Crippen LogP contribution in [0.3, 0.4) is 0 Å². The molecule has 1 fully saturated rings. The summed E-state index contributed by atoms with van der Waals surface area (Å²) >= 11 is 0. The van der Waals surface area contributed by atoms with Crippen molar-refractivity contribution in [1.82, 2.24) is 4.90 Å². The van der Waals surface area contributed by atoms with Crippen LogP contribution >= 0.6 is 12.4 Å². The Balaban J connectivity index is 0.00000200. The summed E-state index contributed by atoms with van der Waals surface area (Å²) in [5.41, 5.74) is 8.22. The van der Waals surface area contributed by atoms with E-state index in [0.29, 0.717) is 0 Å². The maximum Gasteiger partial charge on any atom is 0.122 e. The van der Waals surface area contributed by atoms with Gasteiger partial charge < -0.3 is 10.5 Å². The molecule has 1 atom stereocenters. The number of likely N-dealkylation sites (tertiary alicyclic amines) is 1. The fourth-order valence-corrected chi connectivity index (χ4v) is 2.99. The van der Waals surface area contributed by atoms with Gasteiger partial charge in [0.25, 0.3) is 0 Å². The summed E-state index contributed by atoms with van der Waals surface area (Å²) in [6.45, 7) is 6.32. The number of methoxy groups -OCH3 is 1. The molecule has 3 nitrogen and oxygen atoms in total. The highest BCUT2D eigenvalue weighted by molar-refractivity contribution is 5.85. The second-order valence-corrected chi connectivity index (χ2v) is 5.62. The minimum Gasteiger partial charge on any atom is -0.496 e. The van der Waals surface area contributed by atoms with E-state index in [1.54, 1.807) is 7.11 Å². The first-order valence-corrected chi connectivity index (χ1v) is 7.29. The highest BCUT2D eigenvalue weighted by atomic mass is 35.5. The average molecular weight is 299 g/mol. The molecule has 0 radical (unpaired) electrons. The Morgan fingerprint density at radius 1 is 1.40 bits per heavy atom. The van der Waals surface area contributed by atoms with Crippen molar-refractivity contribution in [3.05, 3.63) is 29.3 Å². The molecule has 1 aromatic rings. The van der Waals surface area contributed by atoms with Crippen LogP contribution in [0.5, 0.6) is 5.75 Å². The topological polar surface area (TPSA) is 38.5 Å². The molecule has 0 aliphatic carbocycles. The minimum atomic E-state index is 0. The van der Waals surface area contributed by atoms with Gasteiger partial charge >= 0.3 is 0 Å². The molecule has 1 saturated heterocycles. The Morgan fingerprint density at radius 3 is 2.90 bits per heavy atom. The maximum absolute atomic E-state index is 5.68. The molecule has 1 heterocycles. The molecule has 1 aliphatic rings. The fourth-order valence-electron chi connectivity index (χ4n) is 2.99. The van der Waals surface area contributed by atoms with E-state index in [9.17, 15) is 0 Å². The molecule has 0 spiro atoms. The van der Waals surface area contributed by atoms with Gasteiger partial charge in [-0.25, -0.2) is 0 Å². The number of nitrogens with two attached hydrogens (primary N) is 1. The molecule has 1 aliphatic heterocycles. The van der Waals surface area contributed by atoms with Gasteiger partial charge in [0.15, 0.2) is 0 Å². The second-order valence-electron chi connectivity index (χ2n) is 5.62. The Labute approximate surface area is 128 Å². The molecule has 114 valence electrons. The molecular formula is C16H27ClN2O. The number of rotatable bonds is 5. The normalized spacial score (nSPS) is 19.4. The highest BCUT2D eigenvalue weighted by Gasteiger charge is 2.19. The van der Waals surface area contributed by atoms with Crippen molar-refractivity contribution in [2.75, 3.05) is 26.7 Å². The third-order valence-electron chi connectivity index (χ3n) is 4.06. The first-order valence-electron chi connectivity index (χ1n) is 7.29. The monoisotopic (exact) mass is 298 g/mol. The van der Waals surface area contributed by atoms with E-state index >= 15 is 0 Å². The highest BCUT2D eigenvalue weighted by Crippen LogP contribution is 2.23. The number of benzene rings is 1. The number of piperidine rings is 1. The van der Waals surface area contributed by atoms with E-state index in [2.05, 4.69) is 30.0 Å². The van der Waals surface area contributed by atoms with E-state index < -0.39 is 0 Å². The summed E-state index contributed by atoms with van der Waals surface area (Å²) < 4.78 is 5.40. The van der Waals surface area contributed by atoms with Crippen LogP contribution in [0.1, 0.15) is 30.4 Å². The number of halogens is 1. The van der Waals surface area contributed by atoms with Crippen LogP contribution in [-0.4, -0.2) is 31.6 Å². The molecule has 0 saturated carbocycles. The Bertz CT molecular complexity index is 409. The van der Waals surface area contributed by atoms with E-state index in [1.807, 2.05) is 0 Å². The number of hydrogen-bond donors (Lipinski definition) is 1. The van der Waals surface area contributed by atoms with E-state index in [-0.39, 0.29) is 12.4 Å². The zero-order chi connectivity index (χ0) is 13.7. The van der Waals surface area contributed by atoms with Crippen molar-refractivity contribution in [3.63, 3.8) is 0 Å². The van der Waals surface area contributed by atoms with Crippen molar-refractivity contribution >= 4 is 12.4 Å². The van der Waals surface area contributed by atoms with Crippen molar-refractivity contribution in [2.24, 2.45) is 11.7 Å². The SMILES string of the molecule is COc1cc(CN2CCCC(CCN)C2)ccc1C.Cl. The van der Waals surface area contributed by atoms with Crippen LogP contribution in [0.25, 0.3) is 0 Å². The molecule has 0 aromatic heterocycles. The van der Waals surface area contributed by atoms with E-state index in [1.165, 1.54) is 37.1 Å². The van der Waals surface area contributed by atoms with Crippen LogP contribution in [0.4, 0.5) is 0 Å². The predicted molar refractivity (Wildman–Crippen MR) is 86.7 cm³/mol. The molecule has 1 aromatic carbocycles. The molecule has 2 N–H and O–H groups in total. The number of hydrogen-bond acceptors (Lipinski definition) is 3. The van der Waals surface area contributed by atoms with Crippen molar-refractivity contribution < 1.29 is 4.74 Å². The van der Waals surface area contributed by atoms with E-state index in [0.717, 1.165) is 31.2 Å². The van der Waals surface area contributed by atoms with Gasteiger partial charge in [0.1, 0.15) is 5.75 Å². The summed E-state index contributed by atoms with van der Waals surface area (Å²) in [7, 11) is 1.74. The Kier molecular flexibility index (Phi) is 7.35. The third kappa shape index (κ3) is 4.65. The quantitative estimate of drug-likeness (QED) is 0.908. The van der Waals surface area contributed by atoms with Gasteiger partial charge in [-0.3, -0.25) is 4.90 Å². The Hall–Kier alpha value is -0.770. The third-order valence-corrected chi connectivity index (χ3v) is 4.06. The van der Waals surface area contributed by atoms with Crippen LogP contribution in [0.2, 0.25) is 0 Å². The molecule has 4 heteroatoms. The summed E-state index contributed by atoms with van der Waals surface area (Å²) in [5, 5.41) is 0. The lowest BCUT2D eigenvalue weighted by Crippen LogP contribution is -2.35. The molecule has 1 unspecified atom stereocenters. The average Bonchev–Trinajstić information content (AvgIpc) is 2.42. The molecule has 2 rings (SSSR count). The van der Waals surface area contributed by atoms with Gasteiger partial charge in [-0.15, -0.1) is 12.4 Å². The van der Waals surface area contributed by atoms with Gasteiger partial charge in [-0.05, 0) is 62.4 Å². The van der Waals surface area contributed by atoms with Crippen LogP contribution in [0, 0.1) is 12.8 Å². The Morgan fingerprint density at radius 2 is 2.20 bits per heavy atom. The summed E-state index contributed by atoms with van der Waals surface area (Å²) in [6.07, 6.45) is 3.80. The van der Waals surface area contributed by atoms with Gasteiger partial charge in [0.2, 0.25) is 0 Å². The minimum absolute atomic E-state index is 0. The van der Waals surface area contributed by atoms with Crippen molar-refractivity contribution in [2.45, 2.75) is 32.7 Å². The standard InChI is InChI=1S/C16H26N2O.ClH/c1-13-5-6-15(10-16(13)19-2)12-18-9-3-4-14(11-18)7-8-17;/h5-6,10,14H,3-4,7-9,11-12,17H2,1-2H3;1H. The van der Waals surface area contributed by atoms with Gasteiger partial charge in [0, 0.05) is 13.1 Å². The lowest BCUT2D eigenvalue weighted by atomic mass is 9.94. The van der Waals surface area contributed by atoms with Gasteiger partial charge in [0.05, 0.1) is 7.11 Å². The van der Waals surface area contributed by atoms with Crippen LogP contribution in [0.15, 0.2) is 18.2 Å². The number of aryl methyl sites for hydroxylation is 1.